The van der Waals surface area contributed by atoms with Gasteiger partial charge in [-0.3, -0.25) is 4.79 Å². The third kappa shape index (κ3) is 3.42. The number of phenolic OH excluding ortho intramolecular Hbond substituents is 1. The predicted molar refractivity (Wildman–Crippen MR) is 89.2 cm³/mol. The van der Waals surface area contributed by atoms with Gasteiger partial charge in [-0.05, 0) is 52.7 Å². The molecule has 1 unspecified atom stereocenters. The number of amides is 1. The van der Waals surface area contributed by atoms with E-state index in [1.54, 1.807) is 12.1 Å². The number of halogens is 1. The summed E-state index contributed by atoms with van der Waals surface area (Å²) in [5, 5.41) is 12.8. The molecule has 2 N–H and O–H groups in total. The van der Waals surface area contributed by atoms with Crippen LogP contribution in [0.25, 0.3) is 0 Å². The van der Waals surface area contributed by atoms with Gasteiger partial charge >= 0.3 is 0 Å². The van der Waals surface area contributed by atoms with Crippen LogP contribution >= 0.6 is 15.9 Å². The van der Waals surface area contributed by atoms with Crippen molar-refractivity contribution < 1.29 is 19.4 Å². The summed E-state index contributed by atoms with van der Waals surface area (Å²) in [6.07, 6.45) is -0.274. The van der Waals surface area contributed by atoms with Crippen LogP contribution in [0.4, 0.5) is 0 Å². The maximum Gasteiger partial charge on any atom is 0.255 e. The largest absolute Gasteiger partial charge is 0.506 e. The van der Waals surface area contributed by atoms with Crippen molar-refractivity contribution >= 4 is 21.8 Å². The van der Waals surface area contributed by atoms with Gasteiger partial charge in [-0.15, -0.1) is 0 Å². The van der Waals surface area contributed by atoms with Crippen LogP contribution in [-0.2, 0) is 0 Å². The van der Waals surface area contributed by atoms with Gasteiger partial charge in [0.1, 0.15) is 18.5 Å². The molecule has 0 bridgehead atoms. The highest BCUT2D eigenvalue weighted by atomic mass is 79.9. The molecule has 2 aromatic rings. The molecule has 5 nitrogen and oxygen atoms in total. The summed E-state index contributed by atoms with van der Waals surface area (Å²) in [6.45, 7) is 2.51. The van der Waals surface area contributed by atoms with Crippen LogP contribution in [0.1, 0.15) is 15.9 Å². The van der Waals surface area contributed by atoms with Crippen LogP contribution in [-0.4, -0.2) is 30.3 Å². The molecule has 23 heavy (non-hydrogen) atoms. The number of ether oxygens (including phenoxy) is 2. The van der Waals surface area contributed by atoms with Crippen molar-refractivity contribution in [3.63, 3.8) is 0 Å². The summed E-state index contributed by atoms with van der Waals surface area (Å²) >= 11 is 3.24. The second-order valence-electron chi connectivity index (χ2n) is 5.35. The Morgan fingerprint density at radius 1 is 1.35 bits per heavy atom. The van der Waals surface area contributed by atoms with Gasteiger partial charge in [0.15, 0.2) is 11.5 Å². The zero-order valence-corrected chi connectivity index (χ0v) is 14.1. The molecule has 2 aromatic carbocycles. The van der Waals surface area contributed by atoms with Crippen molar-refractivity contribution in [2.45, 2.75) is 13.0 Å². The number of benzene rings is 2. The summed E-state index contributed by atoms with van der Waals surface area (Å²) in [5.41, 5.74) is 1.11. The fraction of sp³-hybridized carbons (Fsp3) is 0.235. The fourth-order valence-corrected chi connectivity index (χ4v) is 2.95. The summed E-state index contributed by atoms with van der Waals surface area (Å²) in [6, 6.07) is 10.8. The van der Waals surface area contributed by atoms with Gasteiger partial charge in [-0.2, -0.15) is 0 Å². The van der Waals surface area contributed by atoms with Crippen molar-refractivity contribution in [1.82, 2.24) is 5.32 Å². The number of hydrogen-bond acceptors (Lipinski definition) is 4. The molecule has 6 heteroatoms. The van der Waals surface area contributed by atoms with Crippen molar-refractivity contribution in [2.24, 2.45) is 0 Å². The van der Waals surface area contributed by atoms with E-state index in [0.29, 0.717) is 22.6 Å². The van der Waals surface area contributed by atoms with Crippen LogP contribution in [0.15, 0.2) is 40.9 Å². The Labute approximate surface area is 142 Å². The van der Waals surface area contributed by atoms with Gasteiger partial charge in [0.05, 0.1) is 16.6 Å². The zero-order valence-electron chi connectivity index (χ0n) is 12.5. The van der Waals surface area contributed by atoms with E-state index < -0.39 is 0 Å². The monoisotopic (exact) mass is 377 g/mol. The molecule has 0 spiro atoms. The van der Waals surface area contributed by atoms with E-state index in [0.717, 1.165) is 5.56 Å². The lowest BCUT2D eigenvalue weighted by molar-refractivity contribution is 0.0787. The molecule has 120 valence electrons. The van der Waals surface area contributed by atoms with Crippen molar-refractivity contribution in [3.05, 3.63) is 52.0 Å². The van der Waals surface area contributed by atoms with E-state index >= 15 is 0 Å². The Morgan fingerprint density at radius 3 is 2.87 bits per heavy atom. The van der Waals surface area contributed by atoms with E-state index in [1.807, 2.05) is 31.2 Å². The summed E-state index contributed by atoms with van der Waals surface area (Å²) in [7, 11) is 0. The SMILES string of the molecule is Cc1cc(Br)c(O)c(C(=O)NCC2COc3ccccc3O2)c1. The molecule has 0 aromatic heterocycles. The first kappa shape index (κ1) is 15.7. The van der Waals surface area contributed by atoms with Crippen molar-refractivity contribution in [3.8, 4) is 17.2 Å². The van der Waals surface area contributed by atoms with Crippen LogP contribution in [0.3, 0.4) is 0 Å². The Bertz CT molecular complexity index is 747. The Kier molecular flexibility index (Phi) is 4.43. The Balaban J connectivity index is 1.64. The molecule has 1 aliphatic heterocycles. The van der Waals surface area contributed by atoms with Crippen molar-refractivity contribution in [1.29, 1.82) is 0 Å². The van der Waals surface area contributed by atoms with Crippen LogP contribution in [0.5, 0.6) is 17.2 Å². The first-order chi connectivity index (χ1) is 11.0. The highest BCUT2D eigenvalue weighted by Gasteiger charge is 2.22. The van der Waals surface area contributed by atoms with Crippen LogP contribution < -0.4 is 14.8 Å². The van der Waals surface area contributed by atoms with Gasteiger partial charge in [0.2, 0.25) is 0 Å². The van der Waals surface area contributed by atoms with E-state index in [-0.39, 0.29) is 29.9 Å². The van der Waals surface area contributed by atoms with Gasteiger partial charge in [-0.1, -0.05) is 12.1 Å². The minimum absolute atomic E-state index is 0.0701. The van der Waals surface area contributed by atoms with Crippen LogP contribution in [0.2, 0.25) is 0 Å². The molecule has 0 radical (unpaired) electrons. The predicted octanol–water partition coefficient (Wildman–Crippen LogP) is 3.03. The normalized spacial score (nSPS) is 16.0. The van der Waals surface area contributed by atoms with E-state index in [1.165, 1.54) is 0 Å². The van der Waals surface area contributed by atoms with Gasteiger partial charge in [0.25, 0.3) is 5.91 Å². The summed E-state index contributed by atoms with van der Waals surface area (Å²) in [4.78, 5) is 12.3. The molecule has 1 amide bonds. The fourth-order valence-electron chi connectivity index (χ4n) is 2.37. The number of phenols is 1. The number of aryl methyl sites for hydroxylation is 1. The number of nitrogens with one attached hydrogen (secondary N) is 1. The molecule has 1 atom stereocenters. The lowest BCUT2D eigenvalue weighted by Crippen LogP contribution is -2.40. The van der Waals surface area contributed by atoms with Crippen LogP contribution in [0, 0.1) is 6.92 Å². The summed E-state index contributed by atoms with van der Waals surface area (Å²) < 4.78 is 11.9. The number of carbonyl (C=O) groups is 1. The standard InChI is InChI=1S/C17H16BrNO4/c1-10-6-12(16(20)13(18)7-10)17(21)19-8-11-9-22-14-4-2-3-5-15(14)23-11/h2-7,11,20H,8-9H2,1H3,(H,19,21). The molecule has 3 rings (SSSR count). The van der Waals surface area contributed by atoms with E-state index in [9.17, 15) is 9.90 Å². The minimum Gasteiger partial charge on any atom is -0.506 e. The second-order valence-corrected chi connectivity index (χ2v) is 6.20. The zero-order chi connectivity index (χ0) is 16.4. The minimum atomic E-state index is -0.352. The molecular weight excluding hydrogens is 362 g/mol. The number of para-hydroxylation sites is 2. The van der Waals surface area contributed by atoms with Gasteiger partial charge in [0, 0.05) is 0 Å². The molecular formula is C17H16BrNO4. The Hall–Kier alpha value is -2.21. The second kappa shape index (κ2) is 6.50. The lowest BCUT2D eigenvalue weighted by atomic mass is 10.1. The van der Waals surface area contributed by atoms with Gasteiger partial charge < -0.3 is 19.9 Å². The molecule has 0 saturated heterocycles. The molecule has 0 aliphatic carbocycles. The molecule has 1 heterocycles. The average molecular weight is 378 g/mol. The summed E-state index contributed by atoms with van der Waals surface area (Å²) in [5.74, 6) is 0.947. The number of rotatable bonds is 3. The molecule has 1 aliphatic rings. The highest BCUT2D eigenvalue weighted by molar-refractivity contribution is 9.10. The number of carbonyl (C=O) groups excluding carboxylic acids is 1. The number of aromatic hydroxyl groups is 1. The van der Waals surface area contributed by atoms with E-state index in [2.05, 4.69) is 21.2 Å². The van der Waals surface area contributed by atoms with Gasteiger partial charge in [-0.25, -0.2) is 0 Å². The average Bonchev–Trinajstić information content (AvgIpc) is 2.55. The maximum absolute atomic E-state index is 12.3. The maximum atomic E-state index is 12.3. The molecule has 0 saturated carbocycles. The number of hydrogen-bond donors (Lipinski definition) is 2. The molecule has 0 fully saturated rings. The number of fused-ring (bicyclic) bond motifs is 1. The smallest absolute Gasteiger partial charge is 0.255 e. The lowest BCUT2D eigenvalue weighted by Gasteiger charge is -2.26. The quantitative estimate of drug-likeness (QED) is 0.862. The third-order valence-electron chi connectivity index (χ3n) is 3.51. The van der Waals surface area contributed by atoms with Crippen molar-refractivity contribution in [2.75, 3.05) is 13.2 Å². The topological polar surface area (TPSA) is 67.8 Å². The first-order valence-electron chi connectivity index (χ1n) is 7.20. The van der Waals surface area contributed by atoms with E-state index in [4.69, 9.17) is 9.47 Å². The Morgan fingerprint density at radius 2 is 2.09 bits per heavy atom. The highest BCUT2D eigenvalue weighted by Crippen LogP contribution is 2.31. The third-order valence-corrected chi connectivity index (χ3v) is 4.11. The first-order valence-corrected chi connectivity index (χ1v) is 7.99.